The van der Waals surface area contributed by atoms with Crippen molar-refractivity contribution in [3.63, 3.8) is 0 Å². The molecule has 0 radical (unpaired) electrons. The van der Waals surface area contributed by atoms with Crippen molar-refractivity contribution in [1.29, 1.82) is 0 Å². The van der Waals surface area contributed by atoms with Crippen molar-refractivity contribution in [2.24, 2.45) is 0 Å². The van der Waals surface area contributed by atoms with E-state index >= 15 is 0 Å². The van der Waals surface area contributed by atoms with E-state index in [2.05, 4.69) is 20.9 Å². The summed E-state index contributed by atoms with van der Waals surface area (Å²) in [7, 11) is 1.45. The number of nitrogens with zero attached hydrogens (tertiary/aromatic N) is 1. The Morgan fingerprint density at radius 2 is 2.21 bits per heavy atom. The van der Waals surface area contributed by atoms with Gasteiger partial charge in [0.1, 0.15) is 5.75 Å². The number of hydrogen-bond donors (Lipinski definition) is 0. The van der Waals surface area contributed by atoms with Crippen LogP contribution in [0.4, 0.5) is 8.78 Å². The Bertz CT molecular complexity index is 331. The summed E-state index contributed by atoms with van der Waals surface area (Å²) >= 11 is 3.21. The van der Waals surface area contributed by atoms with Gasteiger partial charge < -0.3 is 4.74 Å². The van der Waals surface area contributed by atoms with Gasteiger partial charge in [0.2, 0.25) is 0 Å². The molecule has 0 saturated carbocycles. The lowest BCUT2D eigenvalue weighted by molar-refractivity contribution is 0.149. The summed E-state index contributed by atoms with van der Waals surface area (Å²) in [6, 6.07) is 0. The quantitative estimate of drug-likeness (QED) is 0.783. The Labute approximate surface area is 89.4 Å². The van der Waals surface area contributed by atoms with Gasteiger partial charge in [-0.15, -0.1) is 0 Å². The molecule has 0 aliphatic heterocycles. The van der Waals surface area contributed by atoms with E-state index in [1.807, 2.05) is 0 Å². The molecule has 0 aliphatic rings. The molecule has 0 spiro atoms. The van der Waals surface area contributed by atoms with Gasteiger partial charge in [-0.3, -0.25) is 4.98 Å². The molecule has 0 bridgehead atoms. The highest BCUT2D eigenvalue weighted by Crippen LogP contribution is 2.31. The molecule has 1 rings (SSSR count). The lowest BCUT2D eigenvalue weighted by Gasteiger charge is -2.12. The monoisotopic (exact) mass is 265 g/mol. The van der Waals surface area contributed by atoms with Crippen LogP contribution in [0.3, 0.4) is 0 Å². The summed E-state index contributed by atoms with van der Waals surface area (Å²) in [6.45, 7) is 1.61. The third kappa shape index (κ3) is 2.03. The molecular weight excluding hydrogens is 256 g/mol. The maximum absolute atomic E-state index is 12.5. The molecule has 0 atom stereocenters. The fourth-order valence-electron chi connectivity index (χ4n) is 1.24. The topological polar surface area (TPSA) is 22.1 Å². The lowest BCUT2D eigenvalue weighted by Crippen LogP contribution is -2.00. The summed E-state index contributed by atoms with van der Waals surface area (Å²) in [4.78, 5) is 3.90. The molecule has 5 heteroatoms. The number of hydrogen-bond acceptors (Lipinski definition) is 2. The number of pyridine rings is 1. The first-order valence-corrected chi connectivity index (χ1v) is 5.10. The van der Waals surface area contributed by atoms with Crippen molar-refractivity contribution in [3.05, 3.63) is 23.0 Å². The standard InChI is InChI=1S/C9H10BrF2NO/c1-5-6(9(11)12)4-13-7(3-10)8(5)14-2/h4,9H,3H2,1-2H3. The van der Waals surface area contributed by atoms with Gasteiger partial charge >= 0.3 is 0 Å². The largest absolute Gasteiger partial charge is 0.495 e. The first-order valence-electron chi connectivity index (χ1n) is 3.98. The molecule has 14 heavy (non-hydrogen) atoms. The maximum Gasteiger partial charge on any atom is 0.265 e. The van der Waals surface area contributed by atoms with Gasteiger partial charge in [-0.2, -0.15) is 0 Å². The van der Waals surface area contributed by atoms with Gasteiger partial charge in [-0.25, -0.2) is 8.78 Å². The van der Waals surface area contributed by atoms with Gasteiger partial charge in [-0.1, -0.05) is 15.9 Å². The van der Waals surface area contributed by atoms with E-state index in [1.54, 1.807) is 6.92 Å². The van der Waals surface area contributed by atoms with E-state index in [0.717, 1.165) is 0 Å². The molecule has 1 heterocycles. The van der Waals surface area contributed by atoms with Crippen LogP contribution in [0.5, 0.6) is 5.75 Å². The molecular formula is C9H10BrF2NO. The van der Waals surface area contributed by atoms with Crippen molar-refractivity contribution in [1.82, 2.24) is 4.98 Å². The minimum atomic E-state index is -2.51. The smallest absolute Gasteiger partial charge is 0.265 e. The minimum absolute atomic E-state index is 0.0773. The van der Waals surface area contributed by atoms with E-state index in [0.29, 0.717) is 22.3 Å². The van der Waals surface area contributed by atoms with Crippen LogP contribution in [0, 0.1) is 6.92 Å². The van der Waals surface area contributed by atoms with Crippen LogP contribution in [0.25, 0.3) is 0 Å². The van der Waals surface area contributed by atoms with Crippen LogP contribution in [0.2, 0.25) is 0 Å². The minimum Gasteiger partial charge on any atom is -0.495 e. The van der Waals surface area contributed by atoms with E-state index in [9.17, 15) is 8.78 Å². The molecule has 0 N–H and O–H groups in total. The Morgan fingerprint density at radius 3 is 2.64 bits per heavy atom. The molecule has 0 fully saturated rings. The average molecular weight is 266 g/mol. The SMILES string of the molecule is COc1c(CBr)ncc(C(F)F)c1C. The van der Waals surface area contributed by atoms with E-state index < -0.39 is 6.43 Å². The zero-order valence-electron chi connectivity index (χ0n) is 7.85. The summed E-state index contributed by atoms with van der Waals surface area (Å²) in [5.74, 6) is 0.430. The first-order chi connectivity index (χ1) is 6.61. The van der Waals surface area contributed by atoms with Gasteiger partial charge in [-0.05, 0) is 6.92 Å². The van der Waals surface area contributed by atoms with E-state index in [4.69, 9.17) is 4.74 Å². The number of rotatable bonds is 3. The van der Waals surface area contributed by atoms with Crippen LogP contribution in [-0.4, -0.2) is 12.1 Å². The van der Waals surface area contributed by atoms with Crippen LogP contribution in [-0.2, 0) is 5.33 Å². The molecule has 78 valence electrons. The maximum atomic E-state index is 12.5. The fraction of sp³-hybridized carbons (Fsp3) is 0.444. The molecule has 1 aromatic heterocycles. The molecule has 0 saturated heterocycles. The number of ether oxygens (including phenoxy) is 1. The predicted octanol–water partition coefficient (Wildman–Crippen LogP) is 3.23. The van der Waals surface area contributed by atoms with Crippen molar-refractivity contribution in [2.75, 3.05) is 7.11 Å². The molecule has 1 aromatic rings. The third-order valence-corrected chi connectivity index (χ3v) is 2.49. The zero-order valence-corrected chi connectivity index (χ0v) is 9.44. The van der Waals surface area contributed by atoms with Gasteiger partial charge in [0.25, 0.3) is 6.43 Å². The summed E-state index contributed by atoms with van der Waals surface area (Å²) in [5, 5.41) is 0.487. The van der Waals surface area contributed by atoms with Gasteiger partial charge in [0, 0.05) is 22.7 Å². The molecule has 0 aliphatic carbocycles. The highest BCUT2D eigenvalue weighted by Gasteiger charge is 2.17. The van der Waals surface area contributed by atoms with Crippen molar-refractivity contribution in [3.8, 4) is 5.75 Å². The Hall–Kier alpha value is -0.710. The summed E-state index contributed by atoms with van der Waals surface area (Å²) in [5.41, 5.74) is 1.01. The average Bonchev–Trinajstić information content (AvgIpc) is 2.16. The van der Waals surface area contributed by atoms with Crippen molar-refractivity contribution in [2.45, 2.75) is 18.7 Å². The van der Waals surface area contributed by atoms with Gasteiger partial charge in [0.15, 0.2) is 0 Å². The molecule has 2 nitrogen and oxygen atoms in total. The van der Waals surface area contributed by atoms with Crippen molar-refractivity contribution >= 4 is 15.9 Å². The second-order valence-electron chi connectivity index (χ2n) is 2.75. The predicted molar refractivity (Wildman–Crippen MR) is 53.1 cm³/mol. The second kappa shape index (κ2) is 4.68. The fourth-order valence-corrected chi connectivity index (χ4v) is 1.64. The Kier molecular flexibility index (Phi) is 3.80. The Balaban J connectivity index is 3.27. The lowest BCUT2D eigenvalue weighted by atomic mass is 10.1. The van der Waals surface area contributed by atoms with Crippen LogP contribution in [0.15, 0.2) is 6.20 Å². The molecule has 0 aromatic carbocycles. The summed E-state index contributed by atoms with van der Waals surface area (Å²) < 4.78 is 30.0. The van der Waals surface area contributed by atoms with Crippen LogP contribution < -0.4 is 4.74 Å². The summed E-state index contributed by atoms with van der Waals surface area (Å²) in [6.07, 6.45) is -1.32. The second-order valence-corrected chi connectivity index (χ2v) is 3.31. The van der Waals surface area contributed by atoms with Crippen LogP contribution >= 0.6 is 15.9 Å². The number of methoxy groups -OCH3 is 1. The van der Waals surface area contributed by atoms with E-state index in [-0.39, 0.29) is 5.56 Å². The number of alkyl halides is 3. The zero-order chi connectivity index (χ0) is 10.7. The van der Waals surface area contributed by atoms with E-state index in [1.165, 1.54) is 13.3 Å². The molecule has 0 unspecified atom stereocenters. The first kappa shape index (κ1) is 11.4. The highest BCUT2D eigenvalue weighted by molar-refractivity contribution is 9.08. The number of aromatic nitrogens is 1. The number of halogens is 3. The van der Waals surface area contributed by atoms with Gasteiger partial charge in [0.05, 0.1) is 12.8 Å². The molecule has 0 amide bonds. The van der Waals surface area contributed by atoms with Crippen LogP contribution in [0.1, 0.15) is 23.2 Å². The normalized spacial score (nSPS) is 10.7. The Morgan fingerprint density at radius 1 is 1.57 bits per heavy atom. The van der Waals surface area contributed by atoms with Crippen molar-refractivity contribution < 1.29 is 13.5 Å². The third-order valence-electron chi connectivity index (χ3n) is 1.96. The highest BCUT2D eigenvalue weighted by atomic mass is 79.9.